The van der Waals surface area contributed by atoms with E-state index < -0.39 is 0 Å². The van der Waals surface area contributed by atoms with Crippen LogP contribution in [0, 0.1) is 5.41 Å². The smallest absolute Gasteiger partial charge is 0.221 e. The summed E-state index contributed by atoms with van der Waals surface area (Å²) in [5.41, 5.74) is 0.103. The molecule has 0 aromatic heterocycles. The summed E-state index contributed by atoms with van der Waals surface area (Å²) in [6.45, 7) is 5.91. The first kappa shape index (κ1) is 13.7. The summed E-state index contributed by atoms with van der Waals surface area (Å²) in [4.78, 5) is 13.3. The lowest BCUT2D eigenvalue weighted by molar-refractivity contribution is -0.121. The van der Waals surface area contributed by atoms with Gasteiger partial charge in [-0.2, -0.15) is 0 Å². The van der Waals surface area contributed by atoms with Crippen LogP contribution in [0.3, 0.4) is 0 Å². The van der Waals surface area contributed by atoms with Gasteiger partial charge in [0.25, 0.3) is 0 Å². The van der Waals surface area contributed by atoms with Gasteiger partial charge in [0.1, 0.15) is 0 Å². The van der Waals surface area contributed by atoms with Crippen molar-refractivity contribution in [1.29, 1.82) is 0 Å². The maximum absolute atomic E-state index is 11.2. The van der Waals surface area contributed by atoms with E-state index in [1.807, 2.05) is 14.1 Å². The molecular formula is C10H21ClN2O. The lowest BCUT2D eigenvalue weighted by atomic mass is 9.93. The number of rotatable bonds is 6. The summed E-state index contributed by atoms with van der Waals surface area (Å²) in [5.74, 6) is 0.423. The molecule has 0 saturated heterocycles. The number of nitrogens with one attached hydrogen (secondary N) is 1. The number of carbonyl (C=O) groups excluding carboxylic acids is 1. The lowest BCUT2D eigenvalue weighted by Crippen LogP contribution is -2.40. The summed E-state index contributed by atoms with van der Waals surface area (Å²) in [6, 6.07) is 0. The third kappa shape index (κ3) is 7.15. The van der Waals surface area contributed by atoms with Crippen molar-refractivity contribution in [3.8, 4) is 0 Å². The fraction of sp³-hybridized carbons (Fsp3) is 0.900. The molecule has 0 fully saturated rings. The van der Waals surface area contributed by atoms with Crippen LogP contribution < -0.4 is 5.32 Å². The molecule has 0 aliphatic rings. The van der Waals surface area contributed by atoms with Crippen LogP contribution in [-0.2, 0) is 4.79 Å². The molecule has 3 nitrogen and oxygen atoms in total. The van der Waals surface area contributed by atoms with Gasteiger partial charge in [0.15, 0.2) is 0 Å². The van der Waals surface area contributed by atoms with Crippen molar-refractivity contribution < 1.29 is 4.79 Å². The maximum Gasteiger partial charge on any atom is 0.221 e. The van der Waals surface area contributed by atoms with Crippen molar-refractivity contribution in [1.82, 2.24) is 10.2 Å². The van der Waals surface area contributed by atoms with Gasteiger partial charge in [-0.15, -0.1) is 11.6 Å². The van der Waals surface area contributed by atoms with Gasteiger partial charge in [-0.3, -0.25) is 4.79 Å². The van der Waals surface area contributed by atoms with Crippen molar-refractivity contribution in [2.24, 2.45) is 5.41 Å². The second kappa shape index (κ2) is 6.25. The number of hydrogen-bond donors (Lipinski definition) is 1. The van der Waals surface area contributed by atoms with Crippen LogP contribution in [0.25, 0.3) is 0 Å². The zero-order valence-electron chi connectivity index (χ0n) is 9.56. The SMILES string of the molecule is CN(C)CC(C)(C)CNC(=O)CCCl. The summed E-state index contributed by atoms with van der Waals surface area (Å²) in [7, 11) is 4.06. The van der Waals surface area contributed by atoms with Crippen LogP contribution in [0.1, 0.15) is 20.3 Å². The van der Waals surface area contributed by atoms with Gasteiger partial charge in [0.2, 0.25) is 5.91 Å². The highest BCUT2D eigenvalue weighted by atomic mass is 35.5. The van der Waals surface area contributed by atoms with E-state index in [1.165, 1.54) is 0 Å². The standard InChI is InChI=1S/C10H21ClN2O/c1-10(2,8-13(3)4)7-12-9(14)5-6-11/h5-8H2,1-4H3,(H,12,14). The molecule has 0 aromatic rings. The van der Waals surface area contributed by atoms with Crippen molar-refractivity contribution in [2.45, 2.75) is 20.3 Å². The number of nitrogens with zero attached hydrogens (tertiary/aromatic N) is 1. The molecule has 84 valence electrons. The average Bonchev–Trinajstić information content (AvgIpc) is 1.99. The minimum absolute atomic E-state index is 0.0341. The molecule has 0 aromatic carbocycles. The van der Waals surface area contributed by atoms with E-state index in [0.29, 0.717) is 18.8 Å². The normalized spacial score (nSPS) is 11.9. The molecule has 0 heterocycles. The Morgan fingerprint density at radius 2 is 2.00 bits per heavy atom. The van der Waals surface area contributed by atoms with Crippen LogP contribution in [-0.4, -0.2) is 43.9 Å². The van der Waals surface area contributed by atoms with Gasteiger partial charge in [-0.25, -0.2) is 0 Å². The molecule has 0 aliphatic carbocycles. The molecular weight excluding hydrogens is 200 g/mol. The number of hydrogen-bond acceptors (Lipinski definition) is 2. The summed E-state index contributed by atoms with van der Waals surface area (Å²) >= 11 is 5.46. The minimum atomic E-state index is 0.0341. The number of amides is 1. The molecule has 4 heteroatoms. The molecule has 0 radical (unpaired) electrons. The van der Waals surface area contributed by atoms with Crippen LogP contribution in [0.15, 0.2) is 0 Å². The number of alkyl halides is 1. The van der Waals surface area contributed by atoms with E-state index in [0.717, 1.165) is 6.54 Å². The molecule has 0 spiro atoms. The van der Waals surface area contributed by atoms with Gasteiger partial charge < -0.3 is 10.2 Å². The predicted octanol–water partition coefficient (Wildman–Crippen LogP) is 1.32. The molecule has 14 heavy (non-hydrogen) atoms. The first-order valence-electron chi connectivity index (χ1n) is 4.85. The molecule has 1 N–H and O–H groups in total. The predicted molar refractivity (Wildman–Crippen MR) is 60.7 cm³/mol. The Bertz CT molecular complexity index is 181. The number of carbonyl (C=O) groups is 1. The Morgan fingerprint density at radius 3 is 2.43 bits per heavy atom. The Labute approximate surface area is 91.8 Å². The van der Waals surface area contributed by atoms with E-state index in [2.05, 4.69) is 24.1 Å². The second-order valence-electron chi connectivity index (χ2n) is 4.62. The molecule has 1 amide bonds. The van der Waals surface area contributed by atoms with Crippen LogP contribution >= 0.6 is 11.6 Å². The van der Waals surface area contributed by atoms with Gasteiger partial charge in [0, 0.05) is 25.4 Å². The highest BCUT2D eigenvalue weighted by Crippen LogP contribution is 2.13. The van der Waals surface area contributed by atoms with Gasteiger partial charge >= 0.3 is 0 Å². The summed E-state index contributed by atoms with van der Waals surface area (Å²) < 4.78 is 0. The Hall–Kier alpha value is -0.280. The van der Waals surface area contributed by atoms with Crippen molar-refractivity contribution in [3.63, 3.8) is 0 Å². The summed E-state index contributed by atoms with van der Waals surface area (Å²) in [5, 5.41) is 2.88. The van der Waals surface area contributed by atoms with E-state index in [4.69, 9.17) is 11.6 Å². The first-order chi connectivity index (χ1) is 6.37. The molecule has 0 unspecified atom stereocenters. The van der Waals surface area contributed by atoms with Crippen molar-refractivity contribution in [2.75, 3.05) is 33.1 Å². The Morgan fingerprint density at radius 1 is 1.43 bits per heavy atom. The highest BCUT2D eigenvalue weighted by molar-refractivity contribution is 6.18. The van der Waals surface area contributed by atoms with Crippen LogP contribution in [0.4, 0.5) is 0 Å². The molecule has 0 bridgehead atoms. The maximum atomic E-state index is 11.2. The topological polar surface area (TPSA) is 32.3 Å². The fourth-order valence-electron chi connectivity index (χ4n) is 1.42. The zero-order valence-corrected chi connectivity index (χ0v) is 10.3. The van der Waals surface area contributed by atoms with Gasteiger partial charge in [-0.1, -0.05) is 13.8 Å². The Balaban J connectivity index is 3.80. The minimum Gasteiger partial charge on any atom is -0.355 e. The third-order valence-corrected chi connectivity index (χ3v) is 2.02. The third-order valence-electron chi connectivity index (χ3n) is 1.83. The average molecular weight is 221 g/mol. The van der Waals surface area contributed by atoms with Crippen molar-refractivity contribution in [3.05, 3.63) is 0 Å². The molecule has 0 saturated carbocycles. The van der Waals surface area contributed by atoms with E-state index in [-0.39, 0.29) is 11.3 Å². The number of halogens is 1. The largest absolute Gasteiger partial charge is 0.355 e. The van der Waals surface area contributed by atoms with E-state index in [1.54, 1.807) is 0 Å². The van der Waals surface area contributed by atoms with Gasteiger partial charge in [-0.05, 0) is 19.5 Å². The molecule has 0 atom stereocenters. The summed E-state index contributed by atoms with van der Waals surface area (Å²) in [6.07, 6.45) is 0.402. The molecule has 0 aliphatic heterocycles. The Kier molecular flexibility index (Phi) is 6.12. The van der Waals surface area contributed by atoms with E-state index in [9.17, 15) is 4.79 Å². The lowest BCUT2D eigenvalue weighted by Gasteiger charge is -2.28. The van der Waals surface area contributed by atoms with Gasteiger partial charge in [0.05, 0.1) is 0 Å². The molecule has 0 rings (SSSR count). The van der Waals surface area contributed by atoms with Crippen LogP contribution in [0.5, 0.6) is 0 Å². The first-order valence-corrected chi connectivity index (χ1v) is 5.38. The van der Waals surface area contributed by atoms with Crippen molar-refractivity contribution >= 4 is 17.5 Å². The van der Waals surface area contributed by atoms with Crippen LogP contribution in [0.2, 0.25) is 0 Å². The fourth-order valence-corrected chi connectivity index (χ4v) is 1.60. The zero-order chi connectivity index (χ0) is 11.2. The van der Waals surface area contributed by atoms with E-state index >= 15 is 0 Å². The highest BCUT2D eigenvalue weighted by Gasteiger charge is 2.19. The quantitative estimate of drug-likeness (QED) is 0.685. The second-order valence-corrected chi connectivity index (χ2v) is 5.00. The monoisotopic (exact) mass is 220 g/mol.